The van der Waals surface area contributed by atoms with Crippen LogP contribution in [0.1, 0.15) is 58.6 Å². The van der Waals surface area contributed by atoms with E-state index in [4.69, 9.17) is 16.0 Å². The summed E-state index contributed by atoms with van der Waals surface area (Å²) in [5, 5.41) is 3.74. The van der Waals surface area contributed by atoms with Crippen LogP contribution in [0.5, 0.6) is 0 Å². The van der Waals surface area contributed by atoms with Crippen molar-refractivity contribution in [2.45, 2.75) is 71.0 Å². The van der Waals surface area contributed by atoms with Crippen LogP contribution in [0.3, 0.4) is 0 Å². The van der Waals surface area contributed by atoms with Crippen LogP contribution in [0.25, 0.3) is 11.3 Å². The second-order valence-electron chi connectivity index (χ2n) is 10.1. The van der Waals surface area contributed by atoms with Gasteiger partial charge in [-0.1, -0.05) is 50.9 Å². The van der Waals surface area contributed by atoms with E-state index in [0.717, 1.165) is 43.0 Å². The van der Waals surface area contributed by atoms with E-state index < -0.39 is 11.6 Å². The Kier molecular flexibility index (Phi) is 7.68. The van der Waals surface area contributed by atoms with Gasteiger partial charge in [-0.25, -0.2) is 0 Å². The summed E-state index contributed by atoms with van der Waals surface area (Å²) in [6.45, 7) is 9.09. The van der Waals surface area contributed by atoms with Crippen molar-refractivity contribution in [3.8, 4) is 11.3 Å². The number of hydrogen-bond donors (Lipinski definition) is 1. The first-order chi connectivity index (χ1) is 16.3. The molecule has 1 spiro atoms. The number of hydrogen-bond acceptors (Lipinski definition) is 4. The molecule has 2 aliphatic heterocycles. The molecule has 34 heavy (non-hydrogen) atoms. The molecular formula is C27H36ClN3O3. The summed E-state index contributed by atoms with van der Waals surface area (Å²) in [6.07, 6.45) is 3.87. The summed E-state index contributed by atoms with van der Waals surface area (Å²) < 4.78 is 6.08. The Labute approximate surface area is 207 Å². The van der Waals surface area contributed by atoms with Gasteiger partial charge in [0.25, 0.3) is 0 Å². The van der Waals surface area contributed by atoms with Gasteiger partial charge in [0.1, 0.15) is 23.1 Å². The molecule has 184 valence electrons. The van der Waals surface area contributed by atoms with Gasteiger partial charge < -0.3 is 14.6 Å². The second kappa shape index (κ2) is 10.5. The topological polar surface area (TPSA) is 65.8 Å². The maximum atomic E-state index is 13.4. The van der Waals surface area contributed by atoms with Gasteiger partial charge in [0.15, 0.2) is 0 Å². The minimum atomic E-state index is -0.734. The van der Waals surface area contributed by atoms with Crippen molar-refractivity contribution in [1.82, 2.24) is 15.1 Å². The summed E-state index contributed by atoms with van der Waals surface area (Å²) in [6, 6.07) is 11.2. The van der Waals surface area contributed by atoms with Crippen molar-refractivity contribution >= 4 is 23.4 Å². The van der Waals surface area contributed by atoms with Crippen LogP contribution in [0.2, 0.25) is 5.02 Å². The summed E-state index contributed by atoms with van der Waals surface area (Å²) >= 11 is 6.32. The number of nitrogens with zero attached hydrogens (tertiary/aromatic N) is 2. The monoisotopic (exact) mass is 485 g/mol. The SMILES string of the molecule is CCCCN1C(=O)C(CC(C)C)NC(=O)C12CCN(Cc1ccc(-c3ccccc3Cl)o1)CC2. The van der Waals surface area contributed by atoms with E-state index in [1.54, 1.807) is 0 Å². The zero-order chi connectivity index (χ0) is 24.3. The number of unbranched alkanes of at least 4 members (excludes halogenated alkanes) is 1. The van der Waals surface area contributed by atoms with E-state index >= 15 is 0 Å². The quantitative estimate of drug-likeness (QED) is 0.564. The van der Waals surface area contributed by atoms with E-state index in [9.17, 15) is 9.59 Å². The minimum absolute atomic E-state index is 0.0208. The molecule has 0 bridgehead atoms. The Morgan fingerprint density at radius 1 is 1.15 bits per heavy atom. The molecule has 1 unspecified atom stereocenters. The summed E-state index contributed by atoms with van der Waals surface area (Å²) in [4.78, 5) is 31.0. The van der Waals surface area contributed by atoms with Crippen molar-refractivity contribution in [1.29, 1.82) is 0 Å². The number of furan rings is 1. The average Bonchev–Trinajstić information content (AvgIpc) is 3.27. The summed E-state index contributed by atoms with van der Waals surface area (Å²) in [5.74, 6) is 2.09. The fourth-order valence-corrected chi connectivity index (χ4v) is 5.44. The third-order valence-electron chi connectivity index (χ3n) is 7.11. The third-order valence-corrected chi connectivity index (χ3v) is 7.44. The maximum absolute atomic E-state index is 13.4. The lowest BCUT2D eigenvalue weighted by molar-refractivity contribution is -0.161. The normalized spacial score (nSPS) is 20.9. The summed E-state index contributed by atoms with van der Waals surface area (Å²) in [5.41, 5.74) is 0.148. The van der Waals surface area contributed by atoms with Gasteiger partial charge in [-0.15, -0.1) is 0 Å². The second-order valence-corrected chi connectivity index (χ2v) is 10.5. The van der Waals surface area contributed by atoms with Gasteiger partial charge >= 0.3 is 0 Å². The van der Waals surface area contributed by atoms with Crippen LogP contribution in [0.15, 0.2) is 40.8 Å². The highest BCUT2D eigenvalue weighted by Gasteiger charge is 2.53. The molecule has 2 amide bonds. The fourth-order valence-electron chi connectivity index (χ4n) is 5.21. The molecule has 1 aromatic heterocycles. The van der Waals surface area contributed by atoms with Crippen molar-refractivity contribution in [2.24, 2.45) is 5.92 Å². The molecule has 0 saturated carbocycles. The average molecular weight is 486 g/mol. The lowest BCUT2D eigenvalue weighted by Crippen LogP contribution is -2.73. The smallest absolute Gasteiger partial charge is 0.246 e. The van der Waals surface area contributed by atoms with Crippen molar-refractivity contribution in [3.05, 3.63) is 47.2 Å². The first kappa shape index (κ1) is 24.8. The first-order valence-electron chi connectivity index (χ1n) is 12.5. The lowest BCUT2D eigenvalue weighted by atomic mass is 9.80. The first-order valence-corrected chi connectivity index (χ1v) is 12.9. The van der Waals surface area contributed by atoms with E-state index in [1.807, 2.05) is 41.3 Å². The molecule has 1 atom stereocenters. The molecule has 2 saturated heterocycles. The number of benzene rings is 1. The molecule has 2 aromatic rings. The lowest BCUT2D eigenvalue weighted by Gasteiger charge is -2.51. The highest BCUT2D eigenvalue weighted by atomic mass is 35.5. The molecule has 4 rings (SSSR count). The molecule has 3 heterocycles. The molecule has 1 aromatic carbocycles. The van der Waals surface area contributed by atoms with E-state index in [1.165, 1.54) is 0 Å². The highest BCUT2D eigenvalue weighted by molar-refractivity contribution is 6.33. The van der Waals surface area contributed by atoms with Gasteiger partial charge in [-0.05, 0) is 55.9 Å². The standard InChI is InChI=1S/C27H36ClN3O3/c1-4-5-14-31-25(32)23(17-19(2)3)29-26(33)27(31)12-15-30(16-13-27)18-20-10-11-24(34-20)21-8-6-7-9-22(21)28/h6-11,19,23H,4-5,12-18H2,1-3H3,(H,29,33). The van der Waals surface area contributed by atoms with E-state index in [2.05, 4.69) is 31.0 Å². The van der Waals surface area contributed by atoms with Crippen LogP contribution in [-0.4, -0.2) is 52.8 Å². The molecule has 2 aliphatic rings. The molecule has 6 nitrogen and oxygen atoms in total. The fraction of sp³-hybridized carbons (Fsp3) is 0.556. The van der Waals surface area contributed by atoms with Gasteiger partial charge in [0.05, 0.1) is 11.6 Å². The maximum Gasteiger partial charge on any atom is 0.246 e. The van der Waals surface area contributed by atoms with Crippen LogP contribution in [-0.2, 0) is 16.1 Å². The van der Waals surface area contributed by atoms with E-state index in [0.29, 0.717) is 43.3 Å². The largest absolute Gasteiger partial charge is 0.460 e. The van der Waals surface area contributed by atoms with Gasteiger partial charge in [-0.3, -0.25) is 14.5 Å². The molecule has 0 radical (unpaired) electrons. The Morgan fingerprint density at radius 2 is 1.88 bits per heavy atom. The number of likely N-dealkylation sites (tertiary alicyclic amines) is 1. The zero-order valence-electron chi connectivity index (χ0n) is 20.5. The van der Waals surface area contributed by atoms with Crippen LogP contribution < -0.4 is 5.32 Å². The number of nitrogens with one attached hydrogen (secondary N) is 1. The molecular weight excluding hydrogens is 450 g/mol. The highest BCUT2D eigenvalue weighted by Crippen LogP contribution is 2.35. The van der Waals surface area contributed by atoms with Crippen LogP contribution >= 0.6 is 11.6 Å². The van der Waals surface area contributed by atoms with Crippen molar-refractivity contribution < 1.29 is 14.0 Å². The van der Waals surface area contributed by atoms with Gasteiger partial charge in [0.2, 0.25) is 11.8 Å². The molecule has 2 fully saturated rings. The molecule has 7 heteroatoms. The Bertz CT molecular complexity index is 1010. The Balaban J connectivity index is 1.44. The van der Waals surface area contributed by atoms with Gasteiger partial charge in [0, 0.05) is 25.2 Å². The minimum Gasteiger partial charge on any atom is -0.460 e. The number of carbonyl (C=O) groups is 2. The molecule has 0 aliphatic carbocycles. The predicted octanol–water partition coefficient (Wildman–Crippen LogP) is 5.11. The number of carbonyl (C=O) groups excluding carboxylic acids is 2. The van der Waals surface area contributed by atoms with Crippen molar-refractivity contribution in [2.75, 3.05) is 19.6 Å². The van der Waals surface area contributed by atoms with E-state index in [-0.39, 0.29) is 11.8 Å². The Hall–Kier alpha value is -2.31. The van der Waals surface area contributed by atoms with Crippen LogP contribution in [0, 0.1) is 5.92 Å². The molecule has 1 N–H and O–H groups in total. The number of halogens is 1. The summed E-state index contributed by atoms with van der Waals surface area (Å²) in [7, 11) is 0. The zero-order valence-corrected chi connectivity index (χ0v) is 21.2. The number of rotatable bonds is 8. The van der Waals surface area contributed by atoms with Crippen molar-refractivity contribution in [3.63, 3.8) is 0 Å². The Morgan fingerprint density at radius 3 is 2.56 bits per heavy atom. The predicted molar refractivity (Wildman–Crippen MR) is 134 cm³/mol. The van der Waals surface area contributed by atoms with Crippen LogP contribution in [0.4, 0.5) is 0 Å². The number of amides is 2. The third kappa shape index (κ3) is 5.03. The number of piperazine rings is 1. The van der Waals surface area contributed by atoms with Gasteiger partial charge in [-0.2, -0.15) is 0 Å². The number of piperidine rings is 1.